The molecule has 2 aliphatic carbocycles. The van der Waals surface area contributed by atoms with E-state index in [9.17, 15) is 0 Å². The second kappa shape index (κ2) is 6.52. The van der Waals surface area contributed by atoms with Crippen molar-refractivity contribution in [2.24, 2.45) is 11.8 Å². The summed E-state index contributed by atoms with van der Waals surface area (Å²) in [6.45, 7) is 0. The summed E-state index contributed by atoms with van der Waals surface area (Å²) in [7, 11) is 0. The van der Waals surface area contributed by atoms with Crippen LogP contribution in [0.2, 0.25) is 0 Å². The highest BCUT2D eigenvalue weighted by atomic mass is 14.2. The summed E-state index contributed by atoms with van der Waals surface area (Å²) in [6.07, 6.45) is 26.2. The summed E-state index contributed by atoms with van der Waals surface area (Å²) in [5.41, 5.74) is 0. The largest absolute Gasteiger partial charge is 0.0845 e. The first-order valence-corrected chi connectivity index (χ1v) is 6.63. The van der Waals surface area contributed by atoms with Crippen molar-refractivity contribution in [3.05, 3.63) is 48.6 Å². The molecule has 0 aliphatic heterocycles. The Balaban J connectivity index is 2.02. The zero-order chi connectivity index (χ0) is 11.1. The van der Waals surface area contributed by atoms with E-state index in [1.807, 2.05) is 0 Å². The Kier molecular flexibility index (Phi) is 4.67. The van der Waals surface area contributed by atoms with Gasteiger partial charge in [0.05, 0.1) is 0 Å². The quantitative estimate of drug-likeness (QED) is 0.587. The average molecular weight is 214 g/mol. The topological polar surface area (TPSA) is 0 Å². The Morgan fingerprint density at radius 3 is 1.62 bits per heavy atom. The monoisotopic (exact) mass is 214 g/mol. The van der Waals surface area contributed by atoms with Gasteiger partial charge in [-0.2, -0.15) is 0 Å². The molecule has 2 rings (SSSR count). The van der Waals surface area contributed by atoms with Crippen LogP contribution in [0.3, 0.4) is 0 Å². The molecular formula is C16H22. The van der Waals surface area contributed by atoms with Crippen LogP contribution in [-0.2, 0) is 0 Å². The van der Waals surface area contributed by atoms with Gasteiger partial charge in [-0.3, -0.25) is 0 Å². The minimum Gasteiger partial charge on any atom is -0.0845 e. The molecule has 0 heterocycles. The highest BCUT2D eigenvalue weighted by Gasteiger charge is 2.16. The Morgan fingerprint density at radius 1 is 0.625 bits per heavy atom. The van der Waals surface area contributed by atoms with Crippen LogP contribution in [0.15, 0.2) is 48.6 Å². The number of allylic oxidation sites excluding steroid dienone is 8. The van der Waals surface area contributed by atoms with Gasteiger partial charge in [0, 0.05) is 0 Å². The van der Waals surface area contributed by atoms with Crippen molar-refractivity contribution < 1.29 is 0 Å². The van der Waals surface area contributed by atoms with Crippen LogP contribution in [0.4, 0.5) is 0 Å². The third kappa shape index (κ3) is 3.52. The van der Waals surface area contributed by atoms with Crippen molar-refractivity contribution in [3.63, 3.8) is 0 Å². The van der Waals surface area contributed by atoms with E-state index in [-0.39, 0.29) is 0 Å². The molecule has 0 bridgehead atoms. The molecule has 0 aromatic heterocycles. The summed E-state index contributed by atoms with van der Waals surface area (Å²) < 4.78 is 0. The number of hydrogen-bond donors (Lipinski definition) is 0. The van der Waals surface area contributed by atoms with Gasteiger partial charge in [0.15, 0.2) is 0 Å². The smallest absolute Gasteiger partial charge is 0.0167 e. The van der Waals surface area contributed by atoms with Gasteiger partial charge in [-0.15, -0.1) is 0 Å². The summed E-state index contributed by atoms with van der Waals surface area (Å²) in [5, 5.41) is 0. The zero-order valence-corrected chi connectivity index (χ0v) is 10.0. The van der Waals surface area contributed by atoms with Crippen molar-refractivity contribution in [1.82, 2.24) is 0 Å². The van der Waals surface area contributed by atoms with Crippen molar-refractivity contribution in [3.8, 4) is 0 Å². The molecule has 2 unspecified atom stereocenters. The highest BCUT2D eigenvalue weighted by Crippen LogP contribution is 2.28. The van der Waals surface area contributed by atoms with E-state index in [1.54, 1.807) is 0 Å². The van der Waals surface area contributed by atoms with Gasteiger partial charge in [0.1, 0.15) is 0 Å². The van der Waals surface area contributed by atoms with E-state index in [2.05, 4.69) is 48.6 Å². The van der Waals surface area contributed by atoms with Crippen molar-refractivity contribution in [1.29, 1.82) is 0 Å². The lowest BCUT2D eigenvalue weighted by Gasteiger charge is -2.23. The van der Waals surface area contributed by atoms with Gasteiger partial charge in [0.25, 0.3) is 0 Å². The molecule has 0 fully saturated rings. The van der Waals surface area contributed by atoms with Crippen LogP contribution >= 0.6 is 0 Å². The maximum absolute atomic E-state index is 2.41. The Bertz CT molecular complexity index is 272. The van der Waals surface area contributed by atoms with Crippen LogP contribution in [0.1, 0.15) is 38.5 Å². The van der Waals surface area contributed by atoms with Crippen LogP contribution in [0.25, 0.3) is 0 Å². The lowest BCUT2D eigenvalue weighted by molar-refractivity contribution is 0.401. The lowest BCUT2D eigenvalue weighted by atomic mass is 9.82. The summed E-state index contributed by atoms with van der Waals surface area (Å²) in [5.74, 6) is 1.51. The summed E-state index contributed by atoms with van der Waals surface area (Å²) in [4.78, 5) is 0. The third-order valence-corrected chi connectivity index (χ3v) is 3.58. The lowest BCUT2D eigenvalue weighted by Crippen LogP contribution is -2.11. The second-order valence-corrected chi connectivity index (χ2v) is 4.82. The Hall–Kier alpha value is -1.04. The molecule has 0 aromatic rings. The first-order valence-electron chi connectivity index (χ1n) is 6.63. The molecule has 0 saturated heterocycles. The molecule has 2 atom stereocenters. The molecule has 0 saturated carbocycles. The van der Waals surface area contributed by atoms with Gasteiger partial charge in [-0.05, 0) is 50.4 Å². The first kappa shape index (κ1) is 11.4. The van der Waals surface area contributed by atoms with Gasteiger partial charge < -0.3 is 0 Å². The van der Waals surface area contributed by atoms with E-state index in [0.29, 0.717) is 0 Å². The zero-order valence-electron chi connectivity index (χ0n) is 10.0. The van der Waals surface area contributed by atoms with Crippen LogP contribution in [-0.4, -0.2) is 0 Å². The fourth-order valence-electron chi connectivity index (χ4n) is 2.61. The van der Waals surface area contributed by atoms with Gasteiger partial charge in [0.2, 0.25) is 0 Å². The van der Waals surface area contributed by atoms with E-state index < -0.39 is 0 Å². The standard InChI is InChI=1S/C16H22/c1-3-7-11-15(12-8-4-1)16-13-9-5-2-6-10-14-16/h1-3,5,7,9,11,13,15-16H,4,6,8,10,12,14H2/b3-1-,5-2?,11-7-,13-9?. The maximum atomic E-state index is 2.41. The molecule has 0 spiro atoms. The van der Waals surface area contributed by atoms with Crippen LogP contribution < -0.4 is 0 Å². The predicted octanol–water partition coefficient (Wildman–Crippen LogP) is 4.81. The van der Waals surface area contributed by atoms with Crippen molar-refractivity contribution >= 4 is 0 Å². The van der Waals surface area contributed by atoms with E-state index in [1.165, 1.54) is 38.5 Å². The summed E-state index contributed by atoms with van der Waals surface area (Å²) >= 11 is 0. The normalized spacial score (nSPS) is 34.5. The van der Waals surface area contributed by atoms with Crippen LogP contribution in [0.5, 0.6) is 0 Å². The molecule has 2 aliphatic rings. The predicted molar refractivity (Wildman–Crippen MR) is 71.2 cm³/mol. The van der Waals surface area contributed by atoms with Gasteiger partial charge >= 0.3 is 0 Å². The molecule has 0 amide bonds. The molecule has 0 aromatic carbocycles. The fraction of sp³-hybridized carbons (Fsp3) is 0.500. The van der Waals surface area contributed by atoms with Gasteiger partial charge in [-0.25, -0.2) is 0 Å². The Labute approximate surface area is 99.4 Å². The maximum Gasteiger partial charge on any atom is -0.0167 e. The first-order chi connectivity index (χ1) is 7.97. The van der Waals surface area contributed by atoms with Crippen molar-refractivity contribution in [2.45, 2.75) is 38.5 Å². The SMILES string of the molecule is C1=CCCCC(C2/C=C\C=C/CCC2)C=C1. The summed E-state index contributed by atoms with van der Waals surface area (Å²) in [6, 6.07) is 0. The third-order valence-electron chi connectivity index (χ3n) is 3.58. The molecule has 0 heteroatoms. The fourth-order valence-corrected chi connectivity index (χ4v) is 2.61. The molecule has 0 nitrogen and oxygen atoms in total. The highest BCUT2D eigenvalue weighted by molar-refractivity contribution is 5.12. The average Bonchev–Trinajstić information content (AvgIpc) is 2.18. The minimum absolute atomic E-state index is 0.757. The van der Waals surface area contributed by atoms with Crippen molar-refractivity contribution in [2.75, 3.05) is 0 Å². The minimum atomic E-state index is 0.757. The number of rotatable bonds is 1. The molecule has 0 radical (unpaired) electrons. The molecule has 16 heavy (non-hydrogen) atoms. The van der Waals surface area contributed by atoms with Gasteiger partial charge in [-0.1, -0.05) is 48.6 Å². The Morgan fingerprint density at radius 2 is 1.12 bits per heavy atom. The molecule has 86 valence electrons. The molecule has 0 N–H and O–H groups in total. The van der Waals surface area contributed by atoms with Crippen LogP contribution in [0, 0.1) is 11.8 Å². The number of hydrogen-bond acceptors (Lipinski definition) is 0. The van der Waals surface area contributed by atoms with E-state index in [4.69, 9.17) is 0 Å². The second-order valence-electron chi connectivity index (χ2n) is 4.82. The molecular weight excluding hydrogens is 192 g/mol. The van der Waals surface area contributed by atoms with E-state index in [0.717, 1.165) is 11.8 Å². The van der Waals surface area contributed by atoms with E-state index >= 15 is 0 Å².